The SMILES string of the molecule is C=C1CC(P2(=O)N(c3ccc(C)cc3)CCCN2c2ccc(C)cc2)C(=O)N1c1ccccc1. The summed E-state index contributed by atoms with van der Waals surface area (Å²) < 4.78 is 19.4. The highest BCUT2D eigenvalue weighted by Crippen LogP contribution is 2.65. The molecule has 1 atom stereocenters. The standard InChI is InChI=1S/C28H30N3O2P/c1-21-10-14-24(15-11-21)29-18-7-19-30(25-16-12-22(2)13-17-25)34(29,33)27-20-23(3)31(28(27)32)26-8-5-4-6-9-26/h4-6,8-17,27H,3,7,18-20H2,1-2H3. The number of benzene rings is 3. The summed E-state index contributed by atoms with van der Waals surface area (Å²) in [6.45, 7) is 9.57. The second kappa shape index (κ2) is 8.81. The Morgan fingerprint density at radius 3 is 1.76 bits per heavy atom. The van der Waals surface area contributed by atoms with Gasteiger partial charge in [-0.15, -0.1) is 0 Å². The number of allylic oxidation sites excluding steroid dienone is 1. The molecule has 3 aromatic rings. The molecule has 3 aromatic carbocycles. The van der Waals surface area contributed by atoms with Gasteiger partial charge in [-0.2, -0.15) is 0 Å². The van der Waals surface area contributed by atoms with Gasteiger partial charge < -0.3 is 9.34 Å². The van der Waals surface area contributed by atoms with E-state index in [1.165, 1.54) is 0 Å². The van der Waals surface area contributed by atoms with E-state index in [0.717, 1.165) is 34.6 Å². The highest BCUT2D eigenvalue weighted by atomic mass is 31.2. The molecule has 5 rings (SSSR count). The van der Waals surface area contributed by atoms with E-state index in [9.17, 15) is 4.79 Å². The van der Waals surface area contributed by atoms with E-state index < -0.39 is 13.1 Å². The third-order valence-electron chi connectivity index (χ3n) is 6.77. The van der Waals surface area contributed by atoms with Crippen molar-refractivity contribution in [2.75, 3.05) is 27.3 Å². The van der Waals surface area contributed by atoms with Gasteiger partial charge in [0.2, 0.25) is 5.91 Å². The van der Waals surface area contributed by atoms with E-state index in [4.69, 9.17) is 0 Å². The van der Waals surface area contributed by atoms with Crippen molar-refractivity contribution >= 4 is 30.4 Å². The van der Waals surface area contributed by atoms with Gasteiger partial charge in [0.05, 0.1) is 0 Å². The average Bonchev–Trinajstić information content (AvgIpc) is 3.15. The molecule has 5 nitrogen and oxygen atoms in total. The van der Waals surface area contributed by atoms with Crippen molar-refractivity contribution in [2.45, 2.75) is 32.3 Å². The molecule has 34 heavy (non-hydrogen) atoms. The molecule has 2 fully saturated rings. The topological polar surface area (TPSA) is 43.9 Å². The van der Waals surface area contributed by atoms with Gasteiger partial charge in [0.25, 0.3) is 7.44 Å². The summed E-state index contributed by atoms with van der Waals surface area (Å²) in [4.78, 5) is 15.6. The van der Waals surface area contributed by atoms with E-state index in [2.05, 4.69) is 6.58 Å². The monoisotopic (exact) mass is 471 g/mol. The largest absolute Gasteiger partial charge is 0.306 e. The zero-order chi connectivity index (χ0) is 23.9. The quantitative estimate of drug-likeness (QED) is 0.406. The van der Waals surface area contributed by atoms with Crippen molar-refractivity contribution in [3.8, 4) is 0 Å². The Kier molecular flexibility index (Phi) is 5.83. The van der Waals surface area contributed by atoms with Crippen molar-refractivity contribution in [2.24, 2.45) is 0 Å². The van der Waals surface area contributed by atoms with Crippen molar-refractivity contribution in [1.82, 2.24) is 0 Å². The van der Waals surface area contributed by atoms with E-state index >= 15 is 4.57 Å². The molecule has 0 saturated carbocycles. The van der Waals surface area contributed by atoms with Crippen molar-refractivity contribution in [1.29, 1.82) is 0 Å². The fourth-order valence-corrected chi connectivity index (χ4v) is 8.57. The molecule has 2 aliphatic heterocycles. The van der Waals surface area contributed by atoms with Gasteiger partial charge in [-0.05, 0) is 56.7 Å². The summed E-state index contributed by atoms with van der Waals surface area (Å²) in [7, 11) is -3.39. The highest BCUT2D eigenvalue weighted by Gasteiger charge is 2.54. The molecule has 6 heteroatoms. The number of carbonyl (C=O) groups excluding carboxylic acids is 1. The Morgan fingerprint density at radius 2 is 1.26 bits per heavy atom. The molecule has 0 radical (unpaired) electrons. The van der Waals surface area contributed by atoms with E-state index in [1.54, 1.807) is 4.90 Å². The minimum Gasteiger partial charge on any atom is -0.306 e. The third kappa shape index (κ3) is 3.74. The first-order chi connectivity index (χ1) is 16.4. The van der Waals surface area contributed by atoms with E-state index in [0.29, 0.717) is 25.2 Å². The molecule has 1 amide bonds. The maximum absolute atomic E-state index is 15.4. The molecular formula is C28H30N3O2P. The molecule has 0 aliphatic carbocycles. The maximum Gasteiger partial charge on any atom is 0.275 e. The third-order valence-corrected chi connectivity index (χ3v) is 10.2. The number of rotatable bonds is 4. The van der Waals surface area contributed by atoms with Crippen molar-refractivity contribution in [3.05, 3.63) is 102 Å². The lowest BCUT2D eigenvalue weighted by Crippen LogP contribution is -2.46. The van der Waals surface area contributed by atoms with Gasteiger partial charge in [-0.1, -0.05) is 60.2 Å². The van der Waals surface area contributed by atoms with Crippen LogP contribution in [0.1, 0.15) is 24.0 Å². The second-order valence-corrected chi connectivity index (χ2v) is 11.9. The molecule has 2 aliphatic rings. The summed E-state index contributed by atoms with van der Waals surface area (Å²) in [6, 6.07) is 25.8. The predicted octanol–water partition coefficient (Wildman–Crippen LogP) is 6.53. The van der Waals surface area contributed by atoms with Crippen LogP contribution >= 0.6 is 7.44 Å². The van der Waals surface area contributed by atoms with Crippen LogP contribution in [-0.2, 0) is 9.36 Å². The van der Waals surface area contributed by atoms with Crippen LogP contribution < -0.4 is 14.2 Å². The van der Waals surface area contributed by atoms with Crippen LogP contribution in [0.2, 0.25) is 0 Å². The molecule has 0 spiro atoms. The van der Waals surface area contributed by atoms with Crippen LogP contribution in [0, 0.1) is 13.8 Å². The van der Waals surface area contributed by atoms with Crippen LogP contribution in [0.4, 0.5) is 17.1 Å². The molecule has 0 aromatic heterocycles. The minimum atomic E-state index is -3.39. The van der Waals surface area contributed by atoms with Crippen LogP contribution in [0.3, 0.4) is 0 Å². The lowest BCUT2D eigenvalue weighted by Gasteiger charge is -2.47. The normalized spacial score (nSPS) is 20.2. The van der Waals surface area contributed by atoms with Gasteiger partial charge in [0, 0.05) is 42.3 Å². The molecule has 2 heterocycles. The maximum atomic E-state index is 15.4. The zero-order valence-electron chi connectivity index (χ0n) is 19.7. The van der Waals surface area contributed by atoms with Crippen LogP contribution in [0.5, 0.6) is 0 Å². The molecule has 1 unspecified atom stereocenters. The fraction of sp³-hybridized carbons (Fsp3) is 0.250. The second-order valence-electron chi connectivity index (χ2n) is 9.16. The van der Waals surface area contributed by atoms with Crippen LogP contribution in [0.25, 0.3) is 0 Å². The molecular weight excluding hydrogens is 441 g/mol. The van der Waals surface area contributed by atoms with E-state index in [-0.39, 0.29) is 5.91 Å². The number of aryl methyl sites for hydroxylation is 2. The number of amides is 1. The first-order valence-electron chi connectivity index (χ1n) is 11.8. The Balaban J connectivity index is 1.63. The number of anilines is 3. The molecule has 0 bridgehead atoms. The van der Waals surface area contributed by atoms with Gasteiger partial charge in [-0.3, -0.25) is 14.3 Å². The number of nitrogens with zero attached hydrogens (tertiary/aromatic N) is 3. The Bertz CT molecular complexity index is 1200. The van der Waals surface area contributed by atoms with Gasteiger partial charge in [0.1, 0.15) is 5.66 Å². The smallest absolute Gasteiger partial charge is 0.275 e. The summed E-state index contributed by atoms with van der Waals surface area (Å²) >= 11 is 0. The number of hydrogen-bond donors (Lipinski definition) is 0. The Morgan fingerprint density at radius 1 is 0.765 bits per heavy atom. The first kappa shape index (κ1) is 22.5. The lowest BCUT2D eigenvalue weighted by molar-refractivity contribution is -0.116. The summed E-state index contributed by atoms with van der Waals surface area (Å²) in [5.41, 5.74) is 4.84. The predicted molar refractivity (Wildman–Crippen MR) is 141 cm³/mol. The molecule has 174 valence electrons. The number of carbonyl (C=O) groups is 1. The summed E-state index contributed by atoms with van der Waals surface area (Å²) in [5.74, 6) is -0.143. The van der Waals surface area contributed by atoms with Crippen molar-refractivity contribution in [3.63, 3.8) is 0 Å². The lowest BCUT2D eigenvalue weighted by atomic mass is 10.2. The van der Waals surface area contributed by atoms with Crippen molar-refractivity contribution < 1.29 is 9.36 Å². The average molecular weight is 472 g/mol. The zero-order valence-corrected chi connectivity index (χ0v) is 20.6. The number of hydrogen-bond acceptors (Lipinski definition) is 2. The fourth-order valence-electron chi connectivity index (χ4n) is 5.00. The Hall–Kier alpha value is -3.30. The van der Waals surface area contributed by atoms with Crippen LogP contribution in [-0.4, -0.2) is 24.7 Å². The minimum absolute atomic E-state index is 0.143. The van der Waals surface area contributed by atoms with Crippen LogP contribution in [0.15, 0.2) is 91.1 Å². The first-order valence-corrected chi connectivity index (χ1v) is 13.4. The molecule has 2 saturated heterocycles. The Labute approximate surface area is 201 Å². The van der Waals surface area contributed by atoms with Gasteiger partial charge in [-0.25, -0.2) is 0 Å². The van der Waals surface area contributed by atoms with Gasteiger partial charge in [0.15, 0.2) is 0 Å². The summed E-state index contributed by atoms with van der Waals surface area (Å²) in [5, 5.41) is 0. The van der Waals surface area contributed by atoms with E-state index in [1.807, 2.05) is 102 Å². The van der Waals surface area contributed by atoms with Gasteiger partial charge >= 0.3 is 0 Å². The number of para-hydroxylation sites is 1. The molecule has 0 N–H and O–H groups in total. The highest BCUT2D eigenvalue weighted by molar-refractivity contribution is 7.69. The summed E-state index contributed by atoms with van der Waals surface area (Å²) in [6.07, 6.45) is 1.23.